The lowest BCUT2D eigenvalue weighted by Gasteiger charge is -2.06. The number of aryl methyl sites for hydroxylation is 3. The molecule has 0 bridgehead atoms. The molecule has 0 saturated carbocycles. The molecule has 0 aliphatic rings. The molecule has 3 heterocycles. The standard InChI is InChI=1S/C18H18N8O/c1-4-25-10-19-23-16(25)13-6-5-7-14(9-13)21-17(27)15-22-18-20-11(2)8-12(3)26(18)24-15/h5-10H,4H2,1-3H3,(H,21,27). The van der Waals surface area contributed by atoms with Crippen LogP contribution in [0.4, 0.5) is 5.69 Å². The van der Waals surface area contributed by atoms with Gasteiger partial charge in [0.15, 0.2) is 5.82 Å². The molecule has 0 spiro atoms. The van der Waals surface area contributed by atoms with Gasteiger partial charge in [0.1, 0.15) is 6.33 Å². The Kier molecular flexibility index (Phi) is 4.11. The second-order valence-electron chi connectivity index (χ2n) is 6.16. The Labute approximate surface area is 155 Å². The Morgan fingerprint density at radius 3 is 2.85 bits per heavy atom. The summed E-state index contributed by atoms with van der Waals surface area (Å²) in [6, 6.07) is 9.31. The topological polar surface area (TPSA) is 103 Å². The van der Waals surface area contributed by atoms with Gasteiger partial charge in [0, 0.05) is 29.2 Å². The van der Waals surface area contributed by atoms with Gasteiger partial charge in [-0.3, -0.25) is 4.79 Å². The molecule has 0 unspecified atom stereocenters. The van der Waals surface area contributed by atoms with Gasteiger partial charge in [-0.15, -0.1) is 15.3 Å². The Balaban J connectivity index is 1.62. The van der Waals surface area contributed by atoms with E-state index in [4.69, 9.17) is 0 Å². The van der Waals surface area contributed by atoms with Crippen LogP contribution in [0.2, 0.25) is 0 Å². The molecule has 136 valence electrons. The molecule has 0 fully saturated rings. The zero-order valence-electron chi connectivity index (χ0n) is 15.2. The van der Waals surface area contributed by atoms with Gasteiger partial charge >= 0.3 is 0 Å². The Bertz CT molecular complexity index is 1140. The normalized spacial score (nSPS) is 11.1. The maximum Gasteiger partial charge on any atom is 0.295 e. The molecule has 0 atom stereocenters. The van der Waals surface area contributed by atoms with Crippen molar-refractivity contribution >= 4 is 17.4 Å². The minimum atomic E-state index is -0.397. The van der Waals surface area contributed by atoms with Crippen molar-refractivity contribution in [2.24, 2.45) is 0 Å². The highest BCUT2D eigenvalue weighted by Gasteiger charge is 2.16. The number of rotatable bonds is 4. The van der Waals surface area contributed by atoms with Crippen molar-refractivity contribution in [3.05, 3.63) is 53.9 Å². The minimum Gasteiger partial charge on any atom is -0.319 e. The smallest absolute Gasteiger partial charge is 0.295 e. The Morgan fingerprint density at radius 2 is 2.04 bits per heavy atom. The van der Waals surface area contributed by atoms with Gasteiger partial charge in [-0.25, -0.2) is 9.50 Å². The van der Waals surface area contributed by atoms with E-state index in [0.717, 1.165) is 29.3 Å². The number of carbonyl (C=O) groups is 1. The lowest BCUT2D eigenvalue weighted by Crippen LogP contribution is -2.14. The Morgan fingerprint density at radius 1 is 1.19 bits per heavy atom. The molecule has 0 radical (unpaired) electrons. The van der Waals surface area contributed by atoms with E-state index in [2.05, 4.69) is 30.6 Å². The molecule has 0 aliphatic carbocycles. The van der Waals surface area contributed by atoms with Gasteiger partial charge < -0.3 is 9.88 Å². The number of fused-ring (bicyclic) bond motifs is 1. The van der Waals surface area contributed by atoms with Crippen molar-refractivity contribution in [2.75, 3.05) is 5.32 Å². The van der Waals surface area contributed by atoms with Crippen molar-refractivity contribution < 1.29 is 4.79 Å². The molecule has 27 heavy (non-hydrogen) atoms. The number of amides is 1. The molecule has 1 amide bonds. The van der Waals surface area contributed by atoms with Gasteiger partial charge in [0.05, 0.1) is 0 Å². The molecular weight excluding hydrogens is 344 g/mol. The van der Waals surface area contributed by atoms with Gasteiger partial charge in [0.25, 0.3) is 11.7 Å². The van der Waals surface area contributed by atoms with Crippen LogP contribution in [0.5, 0.6) is 0 Å². The largest absolute Gasteiger partial charge is 0.319 e. The highest BCUT2D eigenvalue weighted by molar-refractivity contribution is 6.02. The summed E-state index contributed by atoms with van der Waals surface area (Å²) < 4.78 is 3.49. The minimum absolute atomic E-state index is 0.0679. The third kappa shape index (κ3) is 3.14. The molecule has 9 nitrogen and oxygen atoms in total. The van der Waals surface area contributed by atoms with Crippen LogP contribution in [-0.2, 0) is 6.54 Å². The fourth-order valence-electron chi connectivity index (χ4n) is 2.90. The van der Waals surface area contributed by atoms with Crippen LogP contribution in [0.15, 0.2) is 36.7 Å². The maximum absolute atomic E-state index is 12.6. The van der Waals surface area contributed by atoms with E-state index in [-0.39, 0.29) is 5.82 Å². The Hall–Kier alpha value is -3.62. The molecule has 4 rings (SSSR count). The van der Waals surface area contributed by atoms with Crippen molar-refractivity contribution in [2.45, 2.75) is 27.3 Å². The van der Waals surface area contributed by atoms with Gasteiger partial charge in [0.2, 0.25) is 5.82 Å². The van der Waals surface area contributed by atoms with Crippen molar-refractivity contribution in [1.29, 1.82) is 0 Å². The summed E-state index contributed by atoms with van der Waals surface area (Å²) in [6.45, 7) is 6.55. The summed E-state index contributed by atoms with van der Waals surface area (Å²) in [4.78, 5) is 21.1. The number of hydrogen-bond donors (Lipinski definition) is 1. The summed E-state index contributed by atoms with van der Waals surface area (Å²) >= 11 is 0. The number of carbonyl (C=O) groups excluding carboxylic acids is 1. The summed E-state index contributed by atoms with van der Waals surface area (Å²) in [6.07, 6.45) is 1.68. The number of nitrogens with one attached hydrogen (secondary N) is 1. The zero-order valence-corrected chi connectivity index (χ0v) is 15.2. The number of aromatic nitrogens is 7. The first-order valence-corrected chi connectivity index (χ1v) is 8.56. The number of anilines is 1. The first kappa shape index (κ1) is 16.8. The van der Waals surface area contributed by atoms with E-state index >= 15 is 0 Å². The summed E-state index contributed by atoms with van der Waals surface area (Å²) in [5, 5.41) is 15.2. The first-order chi connectivity index (χ1) is 13.0. The van der Waals surface area contributed by atoms with Gasteiger partial charge in [-0.05, 0) is 39.0 Å². The first-order valence-electron chi connectivity index (χ1n) is 8.56. The van der Waals surface area contributed by atoms with E-state index in [1.165, 1.54) is 0 Å². The maximum atomic E-state index is 12.6. The number of benzene rings is 1. The van der Waals surface area contributed by atoms with E-state index in [0.29, 0.717) is 11.5 Å². The van der Waals surface area contributed by atoms with E-state index in [1.54, 1.807) is 16.9 Å². The van der Waals surface area contributed by atoms with Gasteiger partial charge in [-0.1, -0.05) is 12.1 Å². The number of nitrogens with zero attached hydrogens (tertiary/aromatic N) is 7. The second kappa shape index (κ2) is 6.60. The lowest BCUT2D eigenvalue weighted by molar-refractivity contribution is 0.101. The summed E-state index contributed by atoms with van der Waals surface area (Å²) in [5.74, 6) is 0.821. The fourth-order valence-corrected chi connectivity index (χ4v) is 2.90. The third-order valence-electron chi connectivity index (χ3n) is 4.16. The van der Waals surface area contributed by atoms with Gasteiger partial charge in [-0.2, -0.15) is 4.98 Å². The van der Waals surface area contributed by atoms with E-state index in [1.807, 2.05) is 49.6 Å². The van der Waals surface area contributed by atoms with Crippen LogP contribution in [-0.4, -0.2) is 40.3 Å². The lowest BCUT2D eigenvalue weighted by atomic mass is 10.2. The fraction of sp³-hybridized carbons (Fsp3) is 0.222. The molecule has 1 aromatic carbocycles. The third-order valence-corrected chi connectivity index (χ3v) is 4.16. The second-order valence-corrected chi connectivity index (χ2v) is 6.16. The van der Waals surface area contributed by atoms with Crippen molar-refractivity contribution in [3.63, 3.8) is 0 Å². The van der Waals surface area contributed by atoms with E-state index < -0.39 is 5.91 Å². The zero-order chi connectivity index (χ0) is 19.0. The SMILES string of the molecule is CCn1cnnc1-c1cccc(NC(=O)c2nc3nc(C)cc(C)n3n2)c1. The van der Waals surface area contributed by atoms with Crippen LogP contribution in [0.3, 0.4) is 0 Å². The summed E-state index contributed by atoms with van der Waals surface area (Å²) in [7, 11) is 0. The average molecular weight is 362 g/mol. The summed E-state index contributed by atoms with van der Waals surface area (Å²) in [5.41, 5.74) is 3.18. The highest BCUT2D eigenvalue weighted by Crippen LogP contribution is 2.21. The molecule has 4 aromatic rings. The number of hydrogen-bond acceptors (Lipinski definition) is 6. The molecule has 0 saturated heterocycles. The molecule has 9 heteroatoms. The molecule has 0 aliphatic heterocycles. The average Bonchev–Trinajstić information content (AvgIpc) is 3.28. The van der Waals surface area contributed by atoms with Crippen molar-refractivity contribution in [3.8, 4) is 11.4 Å². The van der Waals surface area contributed by atoms with Crippen LogP contribution in [0.1, 0.15) is 28.9 Å². The predicted molar refractivity (Wildman–Crippen MR) is 99.3 cm³/mol. The van der Waals surface area contributed by atoms with Crippen LogP contribution < -0.4 is 5.32 Å². The van der Waals surface area contributed by atoms with Crippen LogP contribution in [0, 0.1) is 13.8 Å². The molecule has 3 aromatic heterocycles. The predicted octanol–water partition coefficient (Wildman–Crippen LogP) is 2.27. The van der Waals surface area contributed by atoms with Crippen LogP contribution >= 0.6 is 0 Å². The quantitative estimate of drug-likeness (QED) is 0.597. The molecular formula is C18H18N8O. The van der Waals surface area contributed by atoms with E-state index in [9.17, 15) is 4.79 Å². The van der Waals surface area contributed by atoms with Crippen LogP contribution in [0.25, 0.3) is 17.2 Å². The monoisotopic (exact) mass is 362 g/mol. The molecule has 1 N–H and O–H groups in total. The van der Waals surface area contributed by atoms with Crippen molar-refractivity contribution in [1.82, 2.24) is 34.3 Å². The highest BCUT2D eigenvalue weighted by atomic mass is 16.2.